The molecule has 0 unspecified atom stereocenters. The summed E-state index contributed by atoms with van der Waals surface area (Å²) < 4.78 is 0.682. The van der Waals surface area contributed by atoms with Crippen LogP contribution in [0.4, 0.5) is 0 Å². The predicted molar refractivity (Wildman–Crippen MR) is 76.8 cm³/mol. The van der Waals surface area contributed by atoms with Crippen molar-refractivity contribution in [1.82, 2.24) is 9.80 Å². The van der Waals surface area contributed by atoms with E-state index in [1.807, 2.05) is 4.90 Å². The van der Waals surface area contributed by atoms with Crippen molar-refractivity contribution in [3.8, 4) is 0 Å². The molecule has 2 N–H and O–H groups in total. The van der Waals surface area contributed by atoms with E-state index < -0.39 is 0 Å². The van der Waals surface area contributed by atoms with Crippen LogP contribution in [0, 0.1) is 5.92 Å². The second-order valence-corrected chi connectivity index (χ2v) is 6.59. The third-order valence-corrected chi connectivity index (χ3v) is 4.74. The SMILES string of the molecule is CN1CCN(C(=O)C2CC[N+](C)(CC(N)=O)CC2)CC1. The maximum Gasteiger partial charge on any atom is 0.272 e. The molecule has 2 amide bonds. The minimum atomic E-state index is -0.253. The van der Waals surface area contributed by atoms with Crippen molar-refractivity contribution in [2.75, 3.05) is 59.9 Å². The Kier molecular flexibility index (Phi) is 4.65. The number of quaternary nitrogens is 1. The van der Waals surface area contributed by atoms with E-state index >= 15 is 0 Å². The van der Waals surface area contributed by atoms with Gasteiger partial charge < -0.3 is 20.0 Å². The lowest BCUT2D eigenvalue weighted by molar-refractivity contribution is -0.907. The first-order valence-electron chi connectivity index (χ1n) is 7.49. The molecule has 2 rings (SSSR count). The molecule has 2 heterocycles. The Balaban J connectivity index is 1.84. The predicted octanol–water partition coefficient (Wildman–Crippen LogP) is -0.898. The van der Waals surface area contributed by atoms with Gasteiger partial charge in [-0.1, -0.05) is 0 Å². The summed E-state index contributed by atoms with van der Waals surface area (Å²) in [6, 6.07) is 0. The second kappa shape index (κ2) is 6.10. The first kappa shape index (κ1) is 15.3. The number of amides is 2. The van der Waals surface area contributed by atoms with Crippen molar-refractivity contribution in [1.29, 1.82) is 0 Å². The molecule has 0 spiro atoms. The molecule has 6 nitrogen and oxygen atoms in total. The summed E-state index contributed by atoms with van der Waals surface area (Å²) in [7, 11) is 4.15. The summed E-state index contributed by atoms with van der Waals surface area (Å²) in [6.45, 7) is 5.75. The zero-order chi connectivity index (χ0) is 14.8. The first-order valence-corrected chi connectivity index (χ1v) is 7.49. The quantitative estimate of drug-likeness (QED) is 0.683. The van der Waals surface area contributed by atoms with Gasteiger partial charge in [0.25, 0.3) is 5.91 Å². The Labute approximate surface area is 121 Å². The van der Waals surface area contributed by atoms with Crippen LogP contribution in [-0.4, -0.2) is 86.0 Å². The fourth-order valence-electron chi connectivity index (χ4n) is 3.26. The summed E-state index contributed by atoms with van der Waals surface area (Å²) in [5.41, 5.74) is 5.30. The Bertz CT molecular complexity index is 369. The van der Waals surface area contributed by atoms with Gasteiger partial charge in [-0.3, -0.25) is 9.59 Å². The Hall–Kier alpha value is -1.14. The maximum atomic E-state index is 12.5. The molecule has 0 aliphatic carbocycles. The molecule has 6 heteroatoms. The van der Waals surface area contributed by atoms with Crippen LogP contribution in [0.3, 0.4) is 0 Å². The normalized spacial score (nSPS) is 32.1. The Morgan fingerprint density at radius 1 is 1.15 bits per heavy atom. The molecule has 20 heavy (non-hydrogen) atoms. The topological polar surface area (TPSA) is 66.6 Å². The van der Waals surface area contributed by atoms with Gasteiger partial charge in [0, 0.05) is 44.9 Å². The average molecular weight is 283 g/mol. The molecule has 114 valence electrons. The van der Waals surface area contributed by atoms with Crippen LogP contribution < -0.4 is 5.73 Å². The van der Waals surface area contributed by atoms with Crippen LogP contribution in [0.2, 0.25) is 0 Å². The number of nitrogens with zero attached hydrogens (tertiary/aromatic N) is 3. The van der Waals surface area contributed by atoms with Gasteiger partial charge in [0.2, 0.25) is 5.91 Å². The number of likely N-dealkylation sites (tertiary alicyclic amines) is 1. The molecule has 2 aliphatic rings. The van der Waals surface area contributed by atoms with E-state index in [0.29, 0.717) is 16.9 Å². The standard InChI is InChI=1S/C14H26N4O2/c1-16-5-7-17(8-6-16)14(20)12-3-9-18(2,10-4-12)11-13(15)19/h12H,3-11H2,1-2H3,(H-,15,19)/p+1. The van der Waals surface area contributed by atoms with Gasteiger partial charge in [-0.2, -0.15) is 0 Å². The number of carbonyl (C=O) groups is 2. The molecule has 0 saturated carbocycles. The first-order chi connectivity index (χ1) is 9.39. The number of nitrogens with two attached hydrogens (primary N) is 1. The number of piperidine rings is 1. The summed E-state index contributed by atoms with van der Waals surface area (Å²) in [6.07, 6.45) is 1.74. The van der Waals surface area contributed by atoms with Gasteiger partial charge in [-0.15, -0.1) is 0 Å². The molecular weight excluding hydrogens is 256 g/mol. The maximum absolute atomic E-state index is 12.5. The molecule has 0 aromatic carbocycles. The number of primary amides is 1. The summed E-state index contributed by atoms with van der Waals surface area (Å²) >= 11 is 0. The smallest absolute Gasteiger partial charge is 0.272 e. The monoisotopic (exact) mass is 283 g/mol. The summed E-state index contributed by atoms with van der Waals surface area (Å²) in [5, 5.41) is 0. The molecule has 0 radical (unpaired) electrons. The number of hydrogen-bond donors (Lipinski definition) is 1. The molecule has 0 atom stereocenters. The minimum absolute atomic E-state index is 0.137. The lowest BCUT2D eigenvalue weighted by Crippen LogP contribution is -2.56. The zero-order valence-electron chi connectivity index (χ0n) is 12.7. The Morgan fingerprint density at radius 2 is 1.70 bits per heavy atom. The average Bonchev–Trinajstić information content (AvgIpc) is 2.38. The highest BCUT2D eigenvalue weighted by Gasteiger charge is 2.36. The number of piperazine rings is 1. The molecule has 2 aliphatic heterocycles. The molecular formula is C14H27N4O2+. The van der Waals surface area contributed by atoms with Crippen LogP contribution in [0.5, 0.6) is 0 Å². The van der Waals surface area contributed by atoms with Crippen molar-refractivity contribution in [3.05, 3.63) is 0 Å². The lowest BCUT2D eigenvalue weighted by atomic mass is 9.93. The number of carbonyl (C=O) groups excluding carboxylic acids is 2. The summed E-state index contributed by atoms with van der Waals surface area (Å²) in [5.74, 6) is 0.192. The van der Waals surface area contributed by atoms with Crippen molar-refractivity contribution < 1.29 is 14.1 Å². The zero-order valence-corrected chi connectivity index (χ0v) is 12.7. The highest BCUT2D eigenvalue weighted by Crippen LogP contribution is 2.24. The van der Waals surface area contributed by atoms with E-state index in [-0.39, 0.29) is 11.8 Å². The van der Waals surface area contributed by atoms with Gasteiger partial charge in [0.05, 0.1) is 20.1 Å². The highest BCUT2D eigenvalue weighted by atomic mass is 16.2. The highest BCUT2D eigenvalue weighted by molar-refractivity contribution is 5.79. The molecule has 0 aromatic heterocycles. The van der Waals surface area contributed by atoms with E-state index in [0.717, 1.165) is 52.1 Å². The van der Waals surface area contributed by atoms with E-state index in [9.17, 15) is 9.59 Å². The molecule has 0 bridgehead atoms. The molecule has 2 fully saturated rings. The number of hydrogen-bond acceptors (Lipinski definition) is 3. The van der Waals surface area contributed by atoms with Crippen molar-refractivity contribution in [3.63, 3.8) is 0 Å². The van der Waals surface area contributed by atoms with E-state index in [1.54, 1.807) is 0 Å². The van der Waals surface area contributed by atoms with Crippen LogP contribution in [0.25, 0.3) is 0 Å². The number of rotatable bonds is 3. The third-order valence-electron chi connectivity index (χ3n) is 4.74. The van der Waals surface area contributed by atoms with Crippen LogP contribution in [-0.2, 0) is 9.59 Å². The molecule has 0 aromatic rings. The van der Waals surface area contributed by atoms with Crippen LogP contribution >= 0.6 is 0 Å². The van der Waals surface area contributed by atoms with E-state index in [2.05, 4.69) is 19.0 Å². The van der Waals surface area contributed by atoms with Gasteiger partial charge in [0.1, 0.15) is 0 Å². The fourth-order valence-corrected chi connectivity index (χ4v) is 3.26. The van der Waals surface area contributed by atoms with Gasteiger partial charge in [-0.05, 0) is 7.05 Å². The lowest BCUT2D eigenvalue weighted by Gasteiger charge is -2.41. The van der Waals surface area contributed by atoms with Gasteiger partial charge in [-0.25, -0.2) is 0 Å². The van der Waals surface area contributed by atoms with Crippen LogP contribution in [0.1, 0.15) is 12.8 Å². The third kappa shape index (κ3) is 3.70. The van der Waals surface area contributed by atoms with E-state index in [4.69, 9.17) is 5.73 Å². The van der Waals surface area contributed by atoms with Gasteiger partial charge >= 0.3 is 0 Å². The fraction of sp³-hybridized carbons (Fsp3) is 0.857. The van der Waals surface area contributed by atoms with Crippen molar-refractivity contribution in [2.45, 2.75) is 12.8 Å². The Morgan fingerprint density at radius 3 is 2.20 bits per heavy atom. The summed E-state index contributed by atoms with van der Waals surface area (Å²) in [4.78, 5) is 27.9. The van der Waals surface area contributed by atoms with Gasteiger partial charge in [0.15, 0.2) is 6.54 Å². The number of likely N-dealkylation sites (N-methyl/N-ethyl adjacent to an activating group) is 2. The van der Waals surface area contributed by atoms with Crippen molar-refractivity contribution in [2.24, 2.45) is 11.7 Å². The molecule has 2 saturated heterocycles. The largest absolute Gasteiger partial charge is 0.365 e. The van der Waals surface area contributed by atoms with Crippen LogP contribution in [0.15, 0.2) is 0 Å². The minimum Gasteiger partial charge on any atom is -0.365 e. The van der Waals surface area contributed by atoms with E-state index in [1.165, 1.54) is 0 Å². The van der Waals surface area contributed by atoms with Crippen molar-refractivity contribution >= 4 is 11.8 Å². The second-order valence-electron chi connectivity index (χ2n) is 6.59.